The van der Waals surface area contributed by atoms with Gasteiger partial charge in [-0.25, -0.2) is 0 Å². The van der Waals surface area contributed by atoms with E-state index in [2.05, 4.69) is 9.55 Å². The van der Waals surface area contributed by atoms with Crippen LogP contribution in [0.5, 0.6) is 0 Å². The molecule has 5 rings (SSSR count). The molecule has 0 saturated carbocycles. The Bertz CT molecular complexity index is 1160. The van der Waals surface area contributed by atoms with Crippen LogP contribution in [0.25, 0.3) is 21.7 Å². The Morgan fingerprint density at radius 3 is 2.88 bits per heavy atom. The number of thiophene rings is 1. The normalized spacial score (nSPS) is 15.4. The topological polar surface area (TPSA) is 52.0 Å². The molecule has 4 aromatic heterocycles. The molecule has 0 aliphatic heterocycles. The van der Waals surface area contributed by atoms with Crippen molar-refractivity contribution in [3.63, 3.8) is 0 Å². The maximum absolute atomic E-state index is 12.4. The predicted octanol–water partition coefficient (Wildman–Crippen LogP) is 3.61. The number of rotatable bonds is 2. The summed E-state index contributed by atoms with van der Waals surface area (Å²) in [5.41, 5.74) is 1.76. The molecule has 4 heterocycles. The Labute approximate surface area is 152 Å². The van der Waals surface area contributed by atoms with E-state index in [1.165, 1.54) is 11.3 Å². The number of carbonyl (C=O) groups is 2. The van der Waals surface area contributed by atoms with E-state index >= 15 is 0 Å². The van der Waals surface area contributed by atoms with Gasteiger partial charge in [-0.1, -0.05) is 0 Å². The van der Waals surface area contributed by atoms with Gasteiger partial charge in [-0.2, -0.15) is 0 Å². The van der Waals surface area contributed by atoms with Gasteiger partial charge in [-0.3, -0.25) is 0 Å². The third-order valence-corrected chi connectivity index (χ3v) is 7.27. The molecule has 6 heteroatoms. The first-order chi connectivity index (χ1) is 12.2. The number of hydrogen-bond acceptors (Lipinski definition) is 4. The fourth-order valence-corrected chi connectivity index (χ4v) is 5.81. The van der Waals surface area contributed by atoms with Crippen LogP contribution in [0.15, 0.2) is 59.7 Å². The summed E-state index contributed by atoms with van der Waals surface area (Å²) in [6, 6.07) is 11.8. The van der Waals surface area contributed by atoms with Crippen LogP contribution in [0, 0.1) is 0 Å². The zero-order valence-electron chi connectivity index (χ0n) is 12.8. The number of fused-ring (bicyclic) bond motifs is 2. The van der Waals surface area contributed by atoms with E-state index in [4.69, 9.17) is 0 Å². The van der Waals surface area contributed by atoms with Crippen molar-refractivity contribution in [2.75, 3.05) is 0 Å². The summed E-state index contributed by atoms with van der Waals surface area (Å²) in [5.74, 6) is -0.298. The van der Waals surface area contributed by atoms with Gasteiger partial charge in [-0.05, 0) is 0 Å². The third kappa shape index (κ3) is 2.23. The van der Waals surface area contributed by atoms with Crippen molar-refractivity contribution in [1.29, 1.82) is 0 Å². The molecule has 4 nitrogen and oxygen atoms in total. The Balaban J connectivity index is 1.55. The number of allylic oxidation sites excluding steroid dienone is 1. The summed E-state index contributed by atoms with van der Waals surface area (Å²) >= 11 is 1.36. The molecular formula is C19H10N2O2SSe. The number of nitrogens with zero attached hydrogens (tertiary/aromatic N) is 2. The molecule has 120 valence electrons. The molecule has 1 aliphatic carbocycles. The Morgan fingerprint density at radius 1 is 1.08 bits per heavy atom. The first-order valence-corrected chi connectivity index (χ1v) is 10.2. The van der Waals surface area contributed by atoms with Gasteiger partial charge in [0.2, 0.25) is 0 Å². The number of carbonyl (C=O) groups excluding carboxylic acids is 2. The zero-order chi connectivity index (χ0) is 17.0. The van der Waals surface area contributed by atoms with Gasteiger partial charge in [-0.15, -0.1) is 0 Å². The SMILES string of the molecule is O=C1/C(=C\c2ccc(-n3ccc4cccnc43)[se]2)C(=O)c2sccc21. The van der Waals surface area contributed by atoms with E-state index in [9.17, 15) is 9.59 Å². The van der Waals surface area contributed by atoms with E-state index in [1.807, 2.05) is 36.5 Å². The van der Waals surface area contributed by atoms with Gasteiger partial charge in [0.1, 0.15) is 0 Å². The van der Waals surface area contributed by atoms with Gasteiger partial charge in [0.05, 0.1) is 0 Å². The number of Topliss-reactive ketones (excluding diaryl/α,β-unsaturated/α-hetero) is 2. The fourth-order valence-electron chi connectivity index (χ4n) is 3.00. The molecule has 1 aliphatic rings. The van der Waals surface area contributed by atoms with Crippen LogP contribution in [0.1, 0.15) is 24.5 Å². The van der Waals surface area contributed by atoms with Crippen molar-refractivity contribution in [2.24, 2.45) is 0 Å². The monoisotopic (exact) mass is 410 g/mol. The van der Waals surface area contributed by atoms with Crippen molar-refractivity contribution in [3.8, 4) is 4.56 Å². The van der Waals surface area contributed by atoms with Crippen LogP contribution in [-0.4, -0.2) is 35.6 Å². The van der Waals surface area contributed by atoms with Gasteiger partial charge in [0.25, 0.3) is 0 Å². The number of aromatic nitrogens is 2. The van der Waals surface area contributed by atoms with Crippen molar-refractivity contribution < 1.29 is 9.59 Å². The molecule has 0 fully saturated rings. The maximum atomic E-state index is 12.4. The van der Waals surface area contributed by atoms with Gasteiger partial charge < -0.3 is 0 Å². The number of hydrogen-bond donors (Lipinski definition) is 0. The van der Waals surface area contributed by atoms with Crippen LogP contribution in [0.4, 0.5) is 0 Å². The summed E-state index contributed by atoms with van der Waals surface area (Å²) in [6.07, 6.45) is 5.56. The van der Waals surface area contributed by atoms with Crippen molar-refractivity contribution in [1.82, 2.24) is 9.55 Å². The summed E-state index contributed by atoms with van der Waals surface area (Å²) in [7, 11) is 0. The first kappa shape index (κ1) is 14.8. The second kappa shape index (κ2) is 5.49. The molecular weight excluding hydrogens is 399 g/mol. The van der Waals surface area contributed by atoms with E-state index < -0.39 is 0 Å². The van der Waals surface area contributed by atoms with E-state index in [1.54, 1.807) is 23.7 Å². The van der Waals surface area contributed by atoms with E-state index in [0.717, 1.165) is 20.0 Å². The average Bonchev–Trinajstić information content (AvgIpc) is 3.38. The molecule has 0 amide bonds. The third-order valence-electron chi connectivity index (χ3n) is 4.19. The first-order valence-electron chi connectivity index (χ1n) is 7.63. The molecule has 4 aromatic rings. The van der Waals surface area contributed by atoms with Crippen molar-refractivity contribution in [3.05, 3.63) is 74.6 Å². The Morgan fingerprint density at radius 2 is 2.00 bits per heavy atom. The quantitative estimate of drug-likeness (QED) is 0.289. The Hall–Kier alpha value is -2.53. The summed E-state index contributed by atoms with van der Waals surface area (Å²) in [5, 5.41) is 2.89. The predicted molar refractivity (Wildman–Crippen MR) is 99.0 cm³/mol. The van der Waals surface area contributed by atoms with Crippen LogP contribution >= 0.6 is 11.3 Å². The molecule has 0 unspecified atom stereocenters. The molecule has 0 radical (unpaired) electrons. The molecule has 0 bridgehead atoms. The van der Waals surface area contributed by atoms with Crippen LogP contribution in [0.3, 0.4) is 0 Å². The average molecular weight is 409 g/mol. The van der Waals surface area contributed by atoms with Gasteiger partial charge in [0, 0.05) is 0 Å². The van der Waals surface area contributed by atoms with Crippen molar-refractivity contribution >= 4 is 54.5 Å². The zero-order valence-corrected chi connectivity index (χ0v) is 15.3. The molecule has 0 aromatic carbocycles. The minimum absolute atomic E-state index is 0.0209. The van der Waals surface area contributed by atoms with Crippen LogP contribution in [-0.2, 0) is 0 Å². The van der Waals surface area contributed by atoms with E-state index in [0.29, 0.717) is 16.0 Å². The van der Waals surface area contributed by atoms with Gasteiger partial charge in [0.15, 0.2) is 0 Å². The summed E-state index contributed by atoms with van der Waals surface area (Å²) in [4.78, 5) is 29.8. The van der Waals surface area contributed by atoms with Crippen LogP contribution < -0.4 is 0 Å². The molecule has 0 saturated heterocycles. The minimum atomic E-state index is -0.153. The Kier molecular flexibility index (Phi) is 3.25. The molecule has 0 spiro atoms. The number of pyridine rings is 1. The van der Waals surface area contributed by atoms with E-state index in [-0.39, 0.29) is 26.1 Å². The molecule has 25 heavy (non-hydrogen) atoms. The summed E-state index contributed by atoms with van der Waals surface area (Å²) in [6.45, 7) is 0. The van der Waals surface area contributed by atoms with Crippen LogP contribution in [0.2, 0.25) is 0 Å². The standard InChI is InChI=1S/C19H10N2O2SSe/c22-16-13-6-9-24-18(13)17(23)14(16)10-12-3-4-15(25-12)21-8-5-11-2-1-7-20-19(11)21/h1-10H/b14-10+. The van der Waals surface area contributed by atoms with Gasteiger partial charge >= 0.3 is 153 Å². The van der Waals surface area contributed by atoms with Crippen molar-refractivity contribution in [2.45, 2.75) is 0 Å². The molecule has 0 atom stereocenters. The second-order valence-electron chi connectivity index (χ2n) is 5.66. The summed E-state index contributed by atoms with van der Waals surface area (Å²) < 4.78 is 4.24. The number of ketones is 2. The molecule has 0 N–H and O–H groups in total. The fraction of sp³-hybridized carbons (Fsp3) is 0. The second-order valence-corrected chi connectivity index (χ2v) is 8.87.